The smallest absolute Gasteiger partial charge is 0.271 e. The fraction of sp³-hybridized carbons (Fsp3) is 1.00. The van der Waals surface area contributed by atoms with Gasteiger partial charge in [-0.1, -0.05) is 0 Å². The molecule has 72 valence electrons. The molecule has 1 aliphatic rings. The lowest BCUT2D eigenvalue weighted by atomic mass is 10.4. The Morgan fingerprint density at radius 3 is 2.33 bits per heavy atom. The molecular formula is C5H10O5S2. The summed E-state index contributed by atoms with van der Waals surface area (Å²) in [6, 6.07) is 0. The van der Waals surface area contributed by atoms with E-state index in [1.54, 1.807) is 0 Å². The Morgan fingerprint density at radius 2 is 2.00 bits per heavy atom. The monoisotopic (exact) mass is 214 g/mol. The average molecular weight is 214 g/mol. The van der Waals surface area contributed by atoms with Crippen LogP contribution in [0.5, 0.6) is 0 Å². The molecule has 0 aromatic heterocycles. The Hall–Kier alpha value is -0.140. The summed E-state index contributed by atoms with van der Waals surface area (Å²) in [6.45, 7) is 0. The molecule has 1 rings (SSSR count). The maximum absolute atomic E-state index is 11.0. The van der Waals surface area contributed by atoms with Gasteiger partial charge in [0, 0.05) is 0 Å². The summed E-state index contributed by atoms with van der Waals surface area (Å²) in [5.41, 5.74) is 0. The van der Waals surface area contributed by atoms with Crippen molar-refractivity contribution in [2.45, 2.75) is 11.7 Å². The van der Waals surface area contributed by atoms with Crippen LogP contribution in [-0.4, -0.2) is 40.7 Å². The summed E-state index contributed by atoms with van der Waals surface area (Å²) >= 11 is 0. The topological polar surface area (TPSA) is 77.5 Å². The van der Waals surface area contributed by atoms with Crippen LogP contribution in [0.3, 0.4) is 0 Å². The van der Waals surface area contributed by atoms with E-state index < -0.39 is 25.2 Å². The first-order chi connectivity index (χ1) is 5.37. The third-order valence-electron chi connectivity index (χ3n) is 1.83. The molecule has 0 radical (unpaired) electrons. The van der Waals surface area contributed by atoms with Gasteiger partial charge < -0.3 is 0 Å². The van der Waals surface area contributed by atoms with Gasteiger partial charge >= 0.3 is 0 Å². The highest BCUT2D eigenvalue weighted by atomic mass is 32.2. The van der Waals surface area contributed by atoms with E-state index in [0.717, 1.165) is 7.11 Å². The van der Waals surface area contributed by atoms with Crippen molar-refractivity contribution < 1.29 is 21.0 Å². The van der Waals surface area contributed by atoms with Crippen molar-refractivity contribution in [3.8, 4) is 0 Å². The number of hydrogen-bond acceptors (Lipinski definition) is 5. The van der Waals surface area contributed by atoms with Crippen LogP contribution in [0.15, 0.2) is 0 Å². The van der Waals surface area contributed by atoms with Crippen LogP contribution in [0.2, 0.25) is 0 Å². The second-order valence-corrected chi connectivity index (χ2v) is 6.90. The van der Waals surface area contributed by atoms with Gasteiger partial charge in [0.2, 0.25) is 0 Å². The van der Waals surface area contributed by atoms with Gasteiger partial charge in [0.1, 0.15) is 5.25 Å². The minimum Gasteiger partial charge on any atom is -0.273 e. The van der Waals surface area contributed by atoms with Crippen molar-refractivity contribution in [2.75, 3.05) is 18.6 Å². The molecule has 0 spiro atoms. The highest BCUT2D eigenvalue weighted by Crippen LogP contribution is 2.19. The lowest BCUT2D eigenvalue weighted by Crippen LogP contribution is -2.23. The Morgan fingerprint density at radius 1 is 1.42 bits per heavy atom. The lowest BCUT2D eigenvalue weighted by Gasteiger charge is -2.05. The van der Waals surface area contributed by atoms with Crippen molar-refractivity contribution in [3.05, 3.63) is 0 Å². The summed E-state index contributed by atoms with van der Waals surface area (Å²) in [5.74, 6) is -0.358. The molecule has 0 amide bonds. The molecule has 1 heterocycles. The Balaban J connectivity index is 2.85. The number of rotatable bonds is 2. The molecule has 7 heteroatoms. The molecule has 1 saturated heterocycles. The molecule has 12 heavy (non-hydrogen) atoms. The zero-order valence-corrected chi connectivity index (χ0v) is 8.19. The van der Waals surface area contributed by atoms with Gasteiger partial charge in [-0.3, -0.25) is 4.18 Å². The van der Waals surface area contributed by atoms with E-state index in [0.29, 0.717) is 0 Å². The predicted octanol–water partition coefficient (Wildman–Crippen LogP) is -0.850. The summed E-state index contributed by atoms with van der Waals surface area (Å²) in [6.07, 6.45) is 0.151. The van der Waals surface area contributed by atoms with E-state index in [4.69, 9.17) is 0 Å². The van der Waals surface area contributed by atoms with E-state index in [1.807, 2.05) is 0 Å². The minimum atomic E-state index is -3.65. The first-order valence-corrected chi connectivity index (χ1v) is 6.66. The molecular weight excluding hydrogens is 204 g/mol. The molecule has 1 atom stereocenters. The quantitative estimate of drug-likeness (QED) is 0.559. The molecule has 0 aliphatic carbocycles. The summed E-state index contributed by atoms with van der Waals surface area (Å²) in [7, 11) is -5.75. The zero-order valence-electron chi connectivity index (χ0n) is 6.56. The molecule has 1 aliphatic heterocycles. The predicted molar refractivity (Wildman–Crippen MR) is 43.0 cm³/mol. The van der Waals surface area contributed by atoms with Crippen LogP contribution >= 0.6 is 0 Å². The highest BCUT2D eigenvalue weighted by Gasteiger charge is 2.37. The van der Waals surface area contributed by atoms with Crippen LogP contribution < -0.4 is 0 Å². The lowest BCUT2D eigenvalue weighted by molar-refractivity contribution is 0.389. The van der Waals surface area contributed by atoms with E-state index >= 15 is 0 Å². The largest absolute Gasteiger partial charge is 0.273 e. The zero-order chi connectivity index (χ0) is 9.41. The van der Waals surface area contributed by atoms with Gasteiger partial charge in [0.25, 0.3) is 10.1 Å². The first-order valence-electron chi connectivity index (χ1n) is 3.37. The second kappa shape index (κ2) is 2.97. The maximum atomic E-state index is 11.0. The number of hydrogen-bond donors (Lipinski definition) is 0. The molecule has 0 bridgehead atoms. The molecule has 5 nitrogen and oxygen atoms in total. The van der Waals surface area contributed by atoms with Gasteiger partial charge in [0.05, 0.1) is 18.6 Å². The number of sulfone groups is 1. The SMILES string of the molecule is COS(=O)(=O)[C@H]1CCS(=O)(=O)C1. The van der Waals surface area contributed by atoms with Crippen molar-refractivity contribution in [1.29, 1.82) is 0 Å². The third kappa shape index (κ3) is 1.96. The summed E-state index contributed by atoms with van der Waals surface area (Å²) in [5, 5.41) is -0.868. The van der Waals surface area contributed by atoms with Gasteiger partial charge in [-0.15, -0.1) is 0 Å². The Labute approximate surface area is 71.8 Å². The molecule has 0 unspecified atom stereocenters. The molecule has 0 aromatic rings. The van der Waals surface area contributed by atoms with Crippen LogP contribution in [0.25, 0.3) is 0 Å². The van der Waals surface area contributed by atoms with Crippen LogP contribution in [0.4, 0.5) is 0 Å². The normalized spacial score (nSPS) is 28.9. The fourth-order valence-corrected chi connectivity index (χ4v) is 4.78. The van der Waals surface area contributed by atoms with Gasteiger partial charge in [-0.2, -0.15) is 8.42 Å². The van der Waals surface area contributed by atoms with Crippen LogP contribution in [0.1, 0.15) is 6.42 Å². The standard InChI is InChI=1S/C5H10O5S2/c1-10-12(8,9)5-2-3-11(6,7)4-5/h5H,2-4H2,1H3/t5-/m0/s1. The van der Waals surface area contributed by atoms with E-state index in [9.17, 15) is 16.8 Å². The first kappa shape index (κ1) is 9.94. The molecule has 0 N–H and O–H groups in total. The molecule has 1 fully saturated rings. The van der Waals surface area contributed by atoms with Gasteiger partial charge in [-0.05, 0) is 6.42 Å². The maximum Gasteiger partial charge on any atom is 0.271 e. The van der Waals surface area contributed by atoms with E-state index in [1.165, 1.54) is 0 Å². The highest BCUT2D eigenvalue weighted by molar-refractivity contribution is 7.94. The molecule has 0 aromatic carbocycles. The third-order valence-corrected chi connectivity index (χ3v) is 5.49. The van der Waals surface area contributed by atoms with Crippen molar-refractivity contribution in [1.82, 2.24) is 0 Å². The van der Waals surface area contributed by atoms with E-state index in [-0.39, 0.29) is 17.9 Å². The van der Waals surface area contributed by atoms with Gasteiger partial charge in [-0.25, -0.2) is 8.42 Å². The van der Waals surface area contributed by atoms with E-state index in [2.05, 4.69) is 4.18 Å². The van der Waals surface area contributed by atoms with Crippen molar-refractivity contribution in [2.24, 2.45) is 0 Å². The average Bonchev–Trinajstić information content (AvgIpc) is 2.31. The van der Waals surface area contributed by atoms with Crippen LogP contribution in [0, 0.1) is 0 Å². The Kier molecular flexibility index (Phi) is 2.46. The molecule has 0 saturated carbocycles. The summed E-state index contributed by atoms with van der Waals surface area (Å²) in [4.78, 5) is 0. The van der Waals surface area contributed by atoms with Crippen molar-refractivity contribution in [3.63, 3.8) is 0 Å². The summed E-state index contributed by atoms with van der Waals surface area (Å²) < 4.78 is 48.0. The van der Waals surface area contributed by atoms with Crippen LogP contribution in [-0.2, 0) is 24.1 Å². The Bertz CT molecular complexity index is 351. The van der Waals surface area contributed by atoms with Gasteiger partial charge in [0.15, 0.2) is 9.84 Å². The minimum absolute atomic E-state index is 0.0553. The second-order valence-electron chi connectivity index (χ2n) is 2.68. The van der Waals surface area contributed by atoms with Crippen molar-refractivity contribution >= 4 is 20.0 Å². The fourth-order valence-electron chi connectivity index (χ4n) is 1.12.